The number of carbonyl (C=O) groups is 2. The molecular formula is C25H20N8O3. The van der Waals surface area contributed by atoms with Crippen LogP contribution in [0.2, 0.25) is 0 Å². The predicted octanol–water partition coefficient (Wildman–Crippen LogP) is 3.07. The first-order valence-corrected chi connectivity index (χ1v) is 11.2. The molecule has 0 aliphatic carbocycles. The number of rotatable bonds is 6. The Bertz CT molecular complexity index is 1570. The third kappa shape index (κ3) is 3.82. The third-order valence-corrected chi connectivity index (χ3v) is 6.06. The van der Waals surface area contributed by atoms with Gasteiger partial charge in [-0.2, -0.15) is 4.80 Å². The molecule has 1 saturated heterocycles. The van der Waals surface area contributed by atoms with Crippen molar-refractivity contribution in [1.29, 1.82) is 0 Å². The second-order valence-electron chi connectivity index (χ2n) is 8.28. The number of carbonyl (C=O) groups excluding carboxylic acids is 2. The van der Waals surface area contributed by atoms with Gasteiger partial charge in [0.05, 0.1) is 31.0 Å². The second kappa shape index (κ2) is 8.62. The zero-order valence-electron chi connectivity index (χ0n) is 19.1. The van der Waals surface area contributed by atoms with E-state index < -0.39 is 12.1 Å². The summed E-state index contributed by atoms with van der Waals surface area (Å²) in [6, 6.07) is 19.0. The Labute approximate surface area is 204 Å². The summed E-state index contributed by atoms with van der Waals surface area (Å²) in [7, 11) is 1.62. The average Bonchev–Trinajstić information content (AvgIpc) is 3.63. The van der Waals surface area contributed by atoms with Gasteiger partial charge in [-0.3, -0.25) is 15.0 Å². The molecular weight excluding hydrogens is 460 g/mol. The summed E-state index contributed by atoms with van der Waals surface area (Å²) in [5.74, 6) is 0.855. The number of ether oxygens (including phenoxy) is 1. The number of imidazole rings is 1. The van der Waals surface area contributed by atoms with Gasteiger partial charge in [0.1, 0.15) is 11.8 Å². The Kier molecular flexibility index (Phi) is 5.14. The molecule has 2 aromatic heterocycles. The smallest absolute Gasteiger partial charge is 0.329 e. The molecule has 6 rings (SSSR count). The number of hydrogen-bond donors (Lipinski definition) is 2. The fourth-order valence-electron chi connectivity index (χ4n) is 4.24. The van der Waals surface area contributed by atoms with Crippen molar-refractivity contribution in [3.63, 3.8) is 0 Å². The molecule has 1 fully saturated rings. The van der Waals surface area contributed by atoms with Crippen LogP contribution in [0, 0.1) is 0 Å². The maximum Gasteiger partial charge on any atom is 0.329 e. The number of aromatic nitrogens is 6. The molecule has 0 spiro atoms. The highest BCUT2D eigenvalue weighted by Gasteiger charge is 2.40. The number of urea groups is 1. The van der Waals surface area contributed by atoms with E-state index in [2.05, 4.69) is 30.7 Å². The number of imide groups is 1. The normalized spacial score (nSPS) is 15.5. The molecule has 11 nitrogen and oxygen atoms in total. The number of H-pyrrole nitrogens is 1. The number of aromatic amines is 1. The van der Waals surface area contributed by atoms with Gasteiger partial charge in [-0.25, -0.2) is 9.78 Å². The number of amides is 3. The maximum absolute atomic E-state index is 12.7. The van der Waals surface area contributed by atoms with Gasteiger partial charge in [0.2, 0.25) is 5.82 Å². The first kappa shape index (κ1) is 21.5. The van der Waals surface area contributed by atoms with E-state index in [9.17, 15) is 9.59 Å². The Morgan fingerprint density at radius 2 is 1.81 bits per heavy atom. The Balaban J connectivity index is 1.23. The standard InChI is InChI=1S/C25H20N8O3/c1-36-19-9-2-15(3-10-19)13-32-30-23(29-31-32)17-6-4-16(5-7-17)22-24(34)28-25(35)33(22)18-8-11-20-21(12-18)27-14-26-20/h2-12,14,22H,13H2,1H3,(H,26,27)(H,28,34,35). The Morgan fingerprint density at radius 1 is 1.00 bits per heavy atom. The lowest BCUT2D eigenvalue weighted by atomic mass is 10.0. The minimum atomic E-state index is -0.800. The molecule has 36 heavy (non-hydrogen) atoms. The molecule has 3 amide bonds. The average molecular weight is 480 g/mol. The van der Waals surface area contributed by atoms with Gasteiger partial charge in [0.15, 0.2) is 0 Å². The molecule has 0 radical (unpaired) electrons. The van der Waals surface area contributed by atoms with E-state index >= 15 is 0 Å². The SMILES string of the molecule is COc1ccc(Cn2nnc(-c3ccc(C4C(=O)NC(=O)N4c4ccc5nc[nH]c5c4)cc3)n2)cc1. The van der Waals surface area contributed by atoms with Crippen LogP contribution >= 0.6 is 0 Å². The zero-order chi connectivity index (χ0) is 24.6. The molecule has 11 heteroatoms. The molecule has 2 N–H and O–H groups in total. The van der Waals surface area contributed by atoms with Crippen molar-refractivity contribution in [2.75, 3.05) is 12.0 Å². The third-order valence-electron chi connectivity index (χ3n) is 6.06. The number of methoxy groups -OCH3 is 1. The van der Waals surface area contributed by atoms with Crippen LogP contribution in [0.1, 0.15) is 17.2 Å². The summed E-state index contributed by atoms with van der Waals surface area (Å²) in [6.45, 7) is 0.467. The van der Waals surface area contributed by atoms with Crippen LogP contribution < -0.4 is 15.0 Å². The molecule has 0 saturated carbocycles. The van der Waals surface area contributed by atoms with Crippen molar-refractivity contribution in [2.45, 2.75) is 12.6 Å². The molecule has 0 bridgehead atoms. The molecule has 5 aromatic rings. The van der Waals surface area contributed by atoms with Crippen LogP contribution in [0.3, 0.4) is 0 Å². The van der Waals surface area contributed by atoms with E-state index in [-0.39, 0.29) is 5.91 Å². The summed E-state index contributed by atoms with van der Waals surface area (Å²) in [6.07, 6.45) is 1.58. The molecule has 3 heterocycles. The fraction of sp³-hybridized carbons (Fsp3) is 0.120. The van der Waals surface area contributed by atoms with Gasteiger partial charge < -0.3 is 9.72 Å². The lowest BCUT2D eigenvalue weighted by Gasteiger charge is -2.22. The number of tetrazole rings is 1. The minimum absolute atomic E-state index is 0.388. The Morgan fingerprint density at radius 3 is 2.58 bits per heavy atom. The van der Waals surface area contributed by atoms with Crippen LogP contribution in [0.15, 0.2) is 73.1 Å². The molecule has 1 aliphatic rings. The number of nitrogens with one attached hydrogen (secondary N) is 2. The summed E-state index contributed by atoms with van der Waals surface area (Å²) in [5.41, 5.74) is 4.57. The number of anilines is 1. The van der Waals surface area contributed by atoms with E-state index in [1.165, 1.54) is 9.70 Å². The van der Waals surface area contributed by atoms with Gasteiger partial charge in [-0.1, -0.05) is 36.4 Å². The van der Waals surface area contributed by atoms with Crippen molar-refractivity contribution in [3.8, 4) is 17.1 Å². The first-order chi connectivity index (χ1) is 17.6. The van der Waals surface area contributed by atoms with Crippen molar-refractivity contribution >= 4 is 28.7 Å². The summed E-state index contributed by atoms with van der Waals surface area (Å²) in [4.78, 5) is 35.6. The van der Waals surface area contributed by atoms with E-state index in [0.717, 1.165) is 27.9 Å². The zero-order valence-corrected chi connectivity index (χ0v) is 19.1. The predicted molar refractivity (Wildman–Crippen MR) is 130 cm³/mol. The lowest BCUT2D eigenvalue weighted by molar-refractivity contribution is -0.119. The van der Waals surface area contributed by atoms with Gasteiger partial charge in [-0.05, 0) is 46.7 Å². The van der Waals surface area contributed by atoms with Crippen LogP contribution in [0.4, 0.5) is 10.5 Å². The largest absolute Gasteiger partial charge is 0.497 e. The number of hydrogen-bond acceptors (Lipinski definition) is 7. The summed E-state index contributed by atoms with van der Waals surface area (Å²) >= 11 is 0. The topological polar surface area (TPSA) is 131 Å². The molecule has 1 aliphatic heterocycles. The van der Waals surface area contributed by atoms with Crippen LogP contribution in [-0.4, -0.2) is 49.2 Å². The van der Waals surface area contributed by atoms with Crippen molar-refractivity contribution < 1.29 is 14.3 Å². The number of nitrogens with zero attached hydrogens (tertiary/aromatic N) is 6. The highest BCUT2D eigenvalue weighted by molar-refractivity contribution is 6.15. The number of fused-ring (bicyclic) bond motifs is 1. The van der Waals surface area contributed by atoms with E-state index in [1.54, 1.807) is 43.8 Å². The maximum atomic E-state index is 12.7. The summed E-state index contributed by atoms with van der Waals surface area (Å²) in [5, 5.41) is 15.2. The van der Waals surface area contributed by atoms with Crippen molar-refractivity contribution in [3.05, 3.63) is 84.2 Å². The van der Waals surface area contributed by atoms with Gasteiger partial charge in [-0.15, -0.1) is 10.2 Å². The van der Waals surface area contributed by atoms with Crippen LogP contribution in [0.25, 0.3) is 22.4 Å². The van der Waals surface area contributed by atoms with Crippen LogP contribution in [0.5, 0.6) is 5.75 Å². The van der Waals surface area contributed by atoms with E-state index in [1.807, 2.05) is 36.4 Å². The lowest BCUT2D eigenvalue weighted by Crippen LogP contribution is -2.29. The number of benzene rings is 3. The molecule has 3 aromatic carbocycles. The van der Waals surface area contributed by atoms with Crippen LogP contribution in [-0.2, 0) is 11.3 Å². The highest BCUT2D eigenvalue weighted by atomic mass is 16.5. The van der Waals surface area contributed by atoms with Gasteiger partial charge >= 0.3 is 6.03 Å². The monoisotopic (exact) mass is 480 g/mol. The molecule has 1 atom stereocenters. The fourth-order valence-corrected chi connectivity index (χ4v) is 4.24. The van der Waals surface area contributed by atoms with E-state index in [4.69, 9.17) is 4.74 Å². The molecule has 1 unspecified atom stereocenters. The summed E-state index contributed by atoms with van der Waals surface area (Å²) < 4.78 is 5.18. The van der Waals surface area contributed by atoms with Crippen molar-refractivity contribution in [2.24, 2.45) is 0 Å². The minimum Gasteiger partial charge on any atom is -0.497 e. The quantitative estimate of drug-likeness (QED) is 0.357. The molecule has 178 valence electrons. The van der Waals surface area contributed by atoms with Gasteiger partial charge in [0.25, 0.3) is 5.91 Å². The van der Waals surface area contributed by atoms with Gasteiger partial charge in [0, 0.05) is 11.3 Å². The highest BCUT2D eigenvalue weighted by Crippen LogP contribution is 2.33. The van der Waals surface area contributed by atoms with E-state index in [0.29, 0.717) is 23.6 Å². The second-order valence-corrected chi connectivity index (χ2v) is 8.28. The Hall–Kier alpha value is -5.06. The first-order valence-electron chi connectivity index (χ1n) is 11.2. The van der Waals surface area contributed by atoms with Crippen molar-refractivity contribution in [1.82, 2.24) is 35.5 Å².